The first kappa shape index (κ1) is 13.2. The van der Waals surface area contributed by atoms with E-state index in [0.29, 0.717) is 6.42 Å². The third kappa shape index (κ3) is 2.43. The van der Waals surface area contributed by atoms with Crippen molar-refractivity contribution in [3.63, 3.8) is 0 Å². The number of ether oxygens (including phenoxy) is 1. The number of aryl methyl sites for hydroxylation is 1. The number of benzene rings is 1. The van der Waals surface area contributed by atoms with Gasteiger partial charge in [0.2, 0.25) is 0 Å². The fourth-order valence-corrected chi connectivity index (χ4v) is 2.81. The molecule has 0 saturated carbocycles. The van der Waals surface area contributed by atoms with Crippen LogP contribution in [0.1, 0.15) is 36.6 Å². The molecule has 1 aromatic heterocycles. The van der Waals surface area contributed by atoms with E-state index in [1.54, 1.807) is 10.9 Å². The van der Waals surface area contributed by atoms with Crippen molar-refractivity contribution in [2.45, 2.75) is 38.4 Å². The molecule has 2 heterocycles. The number of aromatic nitrogens is 2. The molecule has 0 spiro atoms. The zero-order valence-corrected chi connectivity index (χ0v) is 12.1. The molecule has 1 N–H and O–H groups in total. The molecule has 1 atom stereocenters. The molecule has 1 unspecified atom stereocenters. The van der Waals surface area contributed by atoms with Crippen LogP contribution in [0.5, 0.6) is 5.75 Å². The summed E-state index contributed by atoms with van der Waals surface area (Å²) in [4.78, 5) is 0. The minimum Gasteiger partial charge on any atom is -0.487 e. The molecule has 0 bridgehead atoms. The average Bonchev–Trinajstić information content (AvgIpc) is 2.89. The molecule has 4 nitrogen and oxygen atoms in total. The van der Waals surface area contributed by atoms with Crippen molar-refractivity contribution in [2.24, 2.45) is 7.05 Å². The van der Waals surface area contributed by atoms with E-state index in [1.807, 2.05) is 25.4 Å². The quantitative estimate of drug-likeness (QED) is 0.933. The summed E-state index contributed by atoms with van der Waals surface area (Å²) in [5, 5.41) is 14.6. The van der Waals surface area contributed by atoms with Crippen molar-refractivity contribution in [3.05, 3.63) is 47.3 Å². The maximum Gasteiger partial charge on any atom is 0.129 e. The Kier molecular flexibility index (Phi) is 3.05. The predicted octanol–water partition coefficient (Wildman–Crippen LogP) is 2.41. The van der Waals surface area contributed by atoms with Crippen LogP contribution in [-0.4, -0.2) is 20.5 Å². The SMILES string of the molecule is Cn1cc(CC(O)c2cccc3c2OC(C)(C)C3)cn1. The van der Waals surface area contributed by atoms with Crippen LogP contribution in [0.3, 0.4) is 0 Å². The summed E-state index contributed by atoms with van der Waals surface area (Å²) in [6.07, 6.45) is 4.58. The van der Waals surface area contributed by atoms with Gasteiger partial charge in [-0.15, -0.1) is 0 Å². The number of fused-ring (bicyclic) bond motifs is 1. The van der Waals surface area contributed by atoms with Gasteiger partial charge >= 0.3 is 0 Å². The fourth-order valence-electron chi connectivity index (χ4n) is 2.81. The highest BCUT2D eigenvalue weighted by Gasteiger charge is 2.32. The normalized spacial score (nSPS) is 17.6. The summed E-state index contributed by atoms with van der Waals surface area (Å²) in [6, 6.07) is 6.01. The van der Waals surface area contributed by atoms with Crippen molar-refractivity contribution < 1.29 is 9.84 Å². The number of aliphatic hydroxyl groups excluding tert-OH is 1. The van der Waals surface area contributed by atoms with E-state index in [2.05, 4.69) is 25.0 Å². The van der Waals surface area contributed by atoms with E-state index in [-0.39, 0.29) is 5.60 Å². The Bertz CT molecular complexity index is 631. The van der Waals surface area contributed by atoms with Gasteiger partial charge < -0.3 is 9.84 Å². The van der Waals surface area contributed by atoms with E-state index in [4.69, 9.17) is 4.74 Å². The summed E-state index contributed by atoms with van der Waals surface area (Å²) in [5.74, 6) is 0.855. The third-order valence-electron chi connectivity index (χ3n) is 3.67. The van der Waals surface area contributed by atoms with Crippen LogP contribution in [0.25, 0.3) is 0 Å². The van der Waals surface area contributed by atoms with E-state index < -0.39 is 6.10 Å². The Morgan fingerprint density at radius 1 is 1.45 bits per heavy atom. The van der Waals surface area contributed by atoms with Gasteiger partial charge in [-0.1, -0.05) is 18.2 Å². The van der Waals surface area contributed by atoms with Crippen molar-refractivity contribution in [3.8, 4) is 5.75 Å². The lowest BCUT2D eigenvalue weighted by molar-refractivity contribution is 0.126. The number of hydrogen-bond donors (Lipinski definition) is 1. The van der Waals surface area contributed by atoms with Crippen molar-refractivity contribution >= 4 is 0 Å². The van der Waals surface area contributed by atoms with Gasteiger partial charge in [0.25, 0.3) is 0 Å². The highest BCUT2D eigenvalue weighted by atomic mass is 16.5. The number of aliphatic hydroxyl groups is 1. The molecular formula is C16H20N2O2. The van der Waals surface area contributed by atoms with Gasteiger partial charge in [0.05, 0.1) is 12.3 Å². The minimum absolute atomic E-state index is 0.188. The molecule has 1 aromatic carbocycles. The first-order valence-electron chi connectivity index (χ1n) is 6.91. The lowest BCUT2D eigenvalue weighted by Crippen LogP contribution is -2.25. The van der Waals surface area contributed by atoms with Crippen molar-refractivity contribution in [2.75, 3.05) is 0 Å². The zero-order valence-electron chi connectivity index (χ0n) is 12.1. The lowest BCUT2D eigenvalue weighted by Gasteiger charge is -2.19. The van der Waals surface area contributed by atoms with Crippen LogP contribution in [0.4, 0.5) is 0 Å². The zero-order chi connectivity index (χ0) is 14.3. The standard InChI is InChI=1S/C16H20N2O2/c1-16(2)8-12-5-4-6-13(15(12)20-16)14(19)7-11-9-17-18(3)10-11/h4-6,9-10,14,19H,7-8H2,1-3H3. The second kappa shape index (κ2) is 4.63. The van der Waals surface area contributed by atoms with Gasteiger partial charge in [-0.05, 0) is 25.0 Å². The summed E-state index contributed by atoms with van der Waals surface area (Å²) in [5.41, 5.74) is 2.89. The minimum atomic E-state index is -0.567. The highest BCUT2D eigenvalue weighted by Crippen LogP contribution is 2.40. The molecule has 0 aliphatic carbocycles. The van der Waals surface area contributed by atoms with Crippen molar-refractivity contribution in [1.82, 2.24) is 9.78 Å². The van der Waals surface area contributed by atoms with Gasteiger partial charge in [0.15, 0.2) is 0 Å². The van der Waals surface area contributed by atoms with Gasteiger partial charge in [-0.25, -0.2) is 0 Å². The van der Waals surface area contributed by atoms with Crippen LogP contribution in [0, 0.1) is 0 Å². The van der Waals surface area contributed by atoms with Gasteiger partial charge in [0.1, 0.15) is 11.4 Å². The molecule has 1 aliphatic heterocycles. The number of para-hydroxylation sites is 1. The average molecular weight is 272 g/mol. The smallest absolute Gasteiger partial charge is 0.129 e. The third-order valence-corrected chi connectivity index (χ3v) is 3.67. The summed E-state index contributed by atoms with van der Waals surface area (Å²) >= 11 is 0. The molecule has 2 aromatic rings. The highest BCUT2D eigenvalue weighted by molar-refractivity contribution is 5.47. The van der Waals surface area contributed by atoms with Crippen LogP contribution in [0.2, 0.25) is 0 Å². The number of hydrogen-bond acceptors (Lipinski definition) is 3. The van der Waals surface area contributed by atoms with E-state index in [1.165, 1.54) is 5.56 Å². The maximum atomic E-state index is 10.5. The molecule has 20 heavy (non-hydrogen) atoms. The Labute approximate surface area is 119 Å². The molecule has 0 amide bonds. The Morgan fingerprint density at radius 3 is 2.95 bits per heavy atom. The monoisotopic (exact) mass is 272 g/mol. The lowest BCUT2D eigenvalue weighted by atomic mass is 9.97. The molecule has 4 heteroatoms. The molecular weight excluding hydrogens is 252 g/mol. The second-order valence-corrected chi connectivity index (χ2v) is 6.12. The van der Waals surface area contributed by atoms with Crippen LogP contribution in [-0.2, 0) is 19.9 Å². The molecule has 3 rings (SSSR count). The second-order valence-electron chi connectivity index (χ2n) is 6.12. The predicted molar refractivity (Wildman–Crippen MR) is 76.7 cm³/mol. The molecule has 1 aliphatic rings. The van der Waals surface area contributed by atoms with Crippen molar-refractivity contribution in [1.29, 1.82) is 0 Å². The largest absolute Gasteiger partial charge is 0.487 e. The Balaban J connectivity index is 1.86. The van der Waals surface area contributed by atoms with Gasteiger partial charge in [0, 0.05) is 31.6 Å². The van der Waals surface area contributed by atoms with Crippen LogP contribution in [0.15, 0.2) is 30.6 Å². The first-order valence-corrected chi connectivity index (χ1v) is 6.91. The summed E-state index contributed by atoms with van der Waals surface area (Å²) < 4.78 is 7.76. The Morgan fingerprint density at radius 2 is 2.25 bits per heavy atom. The Hall–Kier alpha value is -1.81. The van der Waals surface area contributed by atoms with Gasteiger partial charge in [-0.3, -0.25) is 4.68 Å². The first-order chi connectivity index (χ1) is 9.44. The summed E-state index contributed by atoms with van der Waals surface area (Å²) in [6.45, 7) is 4.15. The fraction of sp³-hybridized carbons (Fsp3) is 0.438. The summed E-state index contributed by atoms with van der Waals surface area (Å²) in [7, 11) is 1.88. The van der Waals surface area contributed by atoms with E-state index in [0.717, 1.165) is 23.3 Å². The molecule has 0 saturated heterocycles. The molecule has 106 valence electrons. The topological polar surface area (TPSA) is 47.3 Å². The van der Waals surface area contributed by atoms with Crippen LogP contribution >= 0.6 is 0 Å². The molecule has 0 radical (unpaired) electrons. The maximum absolute atomic E-state index is 10.5. The number of nitrogens with zero attached hydrogens (tertiary/aromatic N) is 2. The van der Waals surface area contributed by atoms with Crippen LogP contribution < -0.4 is 4.74 Å². The molecule has 0 fully saturated rings. The van der Waals surface area contributed by atoms with Gasteiger partial charge in [-0.2, -0.15) is 5.10 Å². The van der Waals surface area contributed by atoms with E-state index in [9.17, 15) is 5.11 Å². The number of rotatable bonds is 3. The van der Waals surface area contributed by atoms with E-state index >= 15 is 0 Å².